The molecule has 0 spiro atoms. The molecule has 0 fully saturated rings. The van der Waals surface area contributed by atoms with Crippen molar-refractivity contribution in [3.63, 3.8) is 0 Å². The van der Waals surface area contributed by atoms with Crippen LogP contribution in [0.15, 0.2) is 42.5 Å². The molecule has 1 heterocycles. The highest BCUT2D eigenvalue weighted by Crippen LogP contribution is 2.26. The molecule has 3 aromatic rings. The SMILES string of the molecule is C[C@H](O)c1ccc2c(c1)c(C(N)=O)nn2-c1cccc(C#C[C@@](O)(C=O)CCN(C)C)c1. The highest BCUT2D eigenvalue weighted by molar-refractivity contribution is 6.04. The summed E-state index contributed by atoms with van der Waals surface area (Å²) in [6.45, 7) is 2.14. The van der Waals surface area contributed by atoms with Crippen molar-refractivity contribution in [3.8, 4) is 17.5 Å². The number of amides is 1. The molecular weight excluding hydrogens is 408 g/mol. The minimum Gasteiger partial charge on any atom is -0.389 e. The van der Waals surface area contributed by atoms with Crippen molar-refractivity contribution >= 4 is 23.1 Å². The van der Waals surface area contributed by atoms with E-state index >= 15 is 0 Å². The van der Waals surface area contributed by atoms with Gasteiger partial charge >= 0.3 is 0 Å². The molecule has 0 unspecified atom stereocenters. The molecule has 0 aliphatic heterocycles. The molecule has 0 bridgehead atoms. The predicted molar refractivity (Wildman–Crippen MR) is 121 cm³/mol. The number of aliphatic hydroxyl groups excluding tert-OH is 1. The number of nitrogens with two attached hydrogens (primary N) is 1. The number of nitrogens with zero attached hydrogens (tertiary/aromatic N) is 3. The quantitative estimate of drug-likeness (QED) is 0.382. The third-order valence-corrected chi connectivity index (χ3v) is 5.07. The van der Waals surface area contributed by atoms with Gasteiger partial charge < -0.3 is 20.8 Å². The molecule has 8 nitrogen and oxygen atoms in total. The molecule has 0 radical (unpaired) electrons. The van der Waals surface area contributed by atoms with Crippen LogP contribution < -0.4 is 5.73 Å². The van der Waals surface area contributed by atoms with Crippen LogP contribution in [0.4, 0.5) is 0 Å². The third kappa shape index (κ3) is 5.03. The molecule has 0 saturated carbocycles. The van der Waals surface area contributed by atoms with E-state index in [1.54, 1.807) is 54.1 Å². The first-order valence-electron chi connectivity index (χ1n) is 10.1. The van der Waals surface area contributed by atoms with Crippen LogP contribution in [-0.2, 0) is 4.79 Å². The van der Waals surface area contributed by atoms with Gasteiger partial charge in [-0.25, -0.2) is 4.68 Å². The summed E-state index contributed by atoms with van der Waals surface area (Å²) in [5.74, 6) is 4.84. The topological polar surface area (TPSA) is 122 Å². The lowest BCUT2D eigenvalue weighted by atomic mass is 10.0. The van der Waals surface area contributed by atoms with Crippen molar-refractivity contribution in [3.05, 3.63) is 59.3 Å². The Labute approximate surface area is 186 Å². The number of aromatic nitrogens is 2. The number of carbonyl (C=O) groups excluding carboxylic acids is 2. The number of rotatable bonds is 7. The van der Waals surface area contributed by atoms with Crippen molar-refractivity contribution in [2.75, 3.05) is 20.6 Å². The second kappa shape index (κ2) is 9.32. The Morgan fingerprint density at radius 2 is 2.06 bits per heavy atom. The van der Waals surface area contributed by atoms with E-state index in [-0.39, 0.29) is 12.1 Å². The van der Waals surface area contributed by atoms with Crippen LogP contribution in [0.3, 0.4) is 0 Å². The highest BCUT2D eigenvalue weighted by Gasteiger charge is 2.23. The summed E-state index contributed by atoms with van der Waals surface area (Å²) in [6, 6.07) is 12.3. The van der Waals surface area contributed by atoms with Gasteiger partial charge in [0.1, 0.15) is 0 Å². The Kier molecular flexibility index (Phi) is 6.75. The average Bonchev–Trinajstić information content (AvgIpc) is 3.16. The lowest BCUT2D eigenvalue weighted by Crippen LogP contribution is -2.33. The number of carbonyl (C=O) groups is 2. The molecule has 0 saturated heterocycles. The Morgan fingerprint density at radius 1 is 1.31 bits per heavy atom. The van der Waals surface area contributed by atoms with E-state index in [4.69, 9.17) is 5.73 Å². The van der Waals surface area contributed by atoms with E-state index in [1.807, 2.05) is 19.0 Å². The monoisotopic (exact) mass is 434 g/mol. The van der Waals surface area contributed by atoms with Crippen molar-refractivity contribution in [2.45, 2.75) is 25.0 Å². The molecule has 1 aromatic heterocycles. The van der Waals surface area contributed by atoms with E-state index in [0.29, 0.717) is 40.5 Å². The van der Waals surface area contributed by atoms with Crippen LogP contribution in [-0.4, -0.2) is 63.3 Å². The second-order valence-corrected chi connectivity index (χ2v) is 7.97. The Balaban J connectivity index is 2.04. The number of fused-ring (bicyclic) bond motifs is 1. The van der Waals surface area contributed by atoms with Gasteiger partial charge in [0, 0.05) is 23.9 Å². The minimum atomic E-state index is -1.74. The summed E-state index contributed by atoms with van der Waals surface area (Å²) in [4.78, 5) is 25.2. The fourth-order valence-corrected chi connectivity index (χ4v) is 3.22. The summed E-state index contributed by atoms with van der Waals surface area (Å²) in [7, 11) is 3.70. The molecule has 8 heteroatoms. The van der Waals surface area contributed by atoms with Crippen molar-refractivity contribution < 1.29 is 19.8 Å². The zero-order chi connectivity index (χ0) is 23.5. The Hall–Kier alpha value is -3.51. The first kappa shape index (κ1) is 23.2. The number of benzene rings is 2. The lowest BCUT2D eigenvalue weighted by Gasteiger charge is -2.17. The van der Waals surface area contributed by atoms with E-state index in [1.165, 1.54) is 0 Å². The fourth-order valence-electron chi connectivity index (χ4n) is 3.22. The summed E-state index contributed by atoms with van der Waals surface area (Å²) >= 11 is 0. The average molecular weight is 434 g/mol. The largest absolute Gasteiger partial charge is 0.389 e. The lowest BCUT2D eigenvalue weighted by molar-refractivity contribution is -0.119. The van der Waals surface area contributed by atoms with Crippen LogP contribution >= 0.6 is 0 Å². The summed E-state index contributed by atoms with van der Waals surface area (Å²) < 4.78 is 1.57. The smallest absolute Gasteiger partial charge is 0.269 e. The fraction of sp³-hybridized carbons (Fsp3) is 0.292. The van der Waals surface area contributed by atoms with Crippen LogP contribution in [0.1, 0.15) is 41.1 Å². The Morgan fingerprint density at radius 3 is 2.69 bits per heavy atom. The zero-order valence-electron chi connectivity index (χ0n) is 18.2. The molecule has 0 aliphatic carbocycles. The second-order valence-electron chi connectivity index (χ2n) is 7.97. The van der Waals surface area contributed by atoms with Crippen LogP contribution in [0.5, 0.6) is 0 Å². The molecular formula is C24H26N4O4. The number of hydrogen-bond donors (Lipinski definition) is 3. The normalized spacial score (nSPS) is 13.9. The van der Waals surface area contributed by atoms with E-state index in [9.17, 15) is 19.8 Å². The first-order chi connectivity index (χ1) is 15.1. The van der Waals surface area contributed by atoms with Gasteiger partial charge in [-0.15, -0.1) is 0 Å². The minimum absolute atomic E-state index is 0.0954. The van der Waals surface area contributed by atoms with Gasteiger partial charge in [0.15, 0.2) is 17.6 Å². The van der Waals surface area contributed by atoms with Gasteiger partial charge in [-0.2, -0.15) is 5.10 Å². The number of primary amides is 1. The summed E-state index contributed by atoms with van der Waals surface area (Å²) in [6.07, 6.45) is -0.0630. The van der Waals surface area contributed by atoms with E-state index < -0.39 is 17.6 Å². The van der Waals surface area contributed by atoms with Gasteiger partial charge in [-0.05, 0) is 56.9 Å². The maximum absolute atomic E-state index is 12.0. The standard InChI is InChI=1S/C24H26N4O4/c1-16(30)18-7-8-21-20(14-18)22(23(25)31)26-28(21)19-6-4-5-17(13-19)9-10-24(32,15-29)11-12-27(2)3/h4-8,13-16,30,32H,11-12H2,1-3H3,(H2,25,31)/t16-,24-/m0/s1. The zero-order valence-corrected chi connectivity index (χ0v) is 18.2. The molecule has 2 atom stereocenters. The van der Waals surface area contributed by atoms with E-state index in [0.717, 1.165) is 0 Å². The summed E-state index contributed by atoms with van der Waals surface area (Å²) in [5, 5.41) is 25.2. The van der Waals surface area contributed by atoms with Gasteiger partial charge in [0.05, 0.1) is 17.3 Å². The molecule has 0 aliphatic rings. The van der Waals surface area contributed by atoms with Crippen molar-refractivity contribution in [1.82, 2.24) is 14.7 Å². The van der Waals surface area contributed by atoms with Gasteiger partial charge in [-0.3, -0.25) is 9.59 Å². The van der Waals surface area contributed by atoms with E-state index in [2.05, 4.69) is 16.9 Å². The van der Waals surface area contributed by atoms with Gasteiger partial charge in [-0.1, -0.05) is 24.0 Å². The van der Waals surface area contributed by atoms with Crippen molar-refractivity contribution in [2.24, 2.45) is 5.73 Å². The molecule has 32 heavy (non-hydrogen) atoms. The third-order valence-electron chi connectivity index (χ3n) is 5.07. The maximum Gasteiger partial charge on any atom is 0.269 e. The molecule has 1 amide bonds. The molecule has 4 N–H and O–H groups in total. The maximum atomic E-state index is 12.0. The van der Waals surface area contributed by atoms with Crippen LogP contribution in [0.2, 0.25) is 0 Å². The number of hydrogen-bond acceptors (Lipinski definition) is 6. The predicted octanol–water partition coefficient (Wildman–Crippen LogP) is 1.41. The molecule has 166 valence electrons. The van der Waals surface area contributed by atoms with Gasteiger partial charge in [0.2, 0.25) is 0 Å². The van der Waals surface area contributed by atoms with Gasteiger partial charge in [0.25, 0.3) is 5.91 Å². The molecule has 2 aromatic carbocycles. The van der Waals surface area contributed by atoms with Crippen LogP contribution in [0, 0.1) is 11.8 Å². The molecule has 3 rings (SSSR count). The number of aliphatic hydroxyl groups is 2. The van der Waals surface area contributed by atoms with Crippen molar-refractivity contribution in [1.29, 1.82) is 0 Å². The van der Waals surface area contributed by atoms with Crippen LogP contribution in [0.25, 0.3) is 16.6 Å². The Bertz CT molecular complexity index is 1220. The summed E-state index contributed by atoms with van der Waals surface area (Å²) in [5.41, 5.74) is 6.36. The highest BCUT2D eigenvalue weighted by atomic mass is 16.3. The number of aldehydes is 1. The first-order valence-corrected chi connectivity index (χ1v) is 10.1.